The predicted molar refractivity (Wildman–Crippen MR) is 48.6 cm³/mol. The fraction of sp³-hybridized carbons (Fsp3) is 0.875. The number of nitrogens with two attached hydrogens (primary N) is 1. The van der Waals surface area contributed by atoms with E-state index < -0.39 is 0 Å². The van der Waals surface area contributed by atoms with Crippen molar-refractivity contribution in [3.05, 3.63) is 0 Å². The van der Waals surface area contributed by atoms with Crippen molar-refractivity contribution in [3.63, 3.8) is 0 Å². The van der Waals surface area contributed by atoms with Gasteiger partial charge in [-0.1, -0.05) is 13.8 Å². The Hall–Kier alpha value is -0.730. The van der Waals surface area contributed by atoms with E-state index in [1.54, 1.807) is 0 Å². The van der Waals surface area contributed by atoms with Crippen molar-refractivity contribution in [2.24, 2.45) is 11.7 Å². The second kappa shape index (κ2) is 4.21. The zero-order valence-electron chi connectivity index (χ0n) is 7.89. The quantitative estimate of drug-likeness (QED) is 0.478. The molecule has 0 heterocycles. The zero-order valence-corrected chi connectivity index (χ0v) is 7.89. The first kappa shape index (κ1) is 10.3. The van der Waals surface area contributed by atoms with Crippen LogP contribution in [0.2, 0.25) is 0 Å². The predicted octanol–water partition coefficient (Wildman–Crippen LogP) is 1.25. The van der Waals surface area contributed by atoms with Gasteiger partial charge < -0.3 is 10.6 Å². The van der Waals surface area contributed by atoms with Crippen molar-refractivity contribution in [3.8, 4) is 0 Å². The second-order valence-electron chi connectivity index (χ2n) is 3.53. The van der Waals surface area contributed by atoms with Gasteiger partial charge in [-0.05, 0) is 19.8 Å². The molecule has 0 rings (SSSR count). The second-order valence-corrected chi connectivity index (χ2v) is 3.53. The van der Waals surface area contributed by atoms with Crippen LogP contribution in [0.4, 0.5) is 0 Å². The van der Waals surface area contributed by atoms with E-state index in [-0.39, 0.29) is 5.96 Å². The maximum absolute atomic E-state index is 7.28. The van der Waals surface area contributed by atoms with Gasteiger partial charge in [-0.2, -0.15) is 0 Å². The Labute approximate surface area is 69.1 Å². The Kier molecular flexibility index (Phi) is 3.93. The molecule has 0 amide bonds. The van der Waals surface area contributed by atoms with Crippen molar-refractivity contribution in [2.75, 3.05) is 6.54 Å². The van der Waals surface area contributed by atoms with Crippen LogP contribution in [0, 0.1) is 11.3 Å². The summed E-state index contributed by atoms with van der Waals surface area (Å²) in [5.74, 6) is 0.731. The Morgan fingerprint density at radius 1 is 1.36 bits per heavy atom. The number of rotatable bonds is 3. The average Bonchev–Trinajstić information content (AvgIpc) is 1.81. The molecule has 0 saturated carbocycles. The maximum atomic E-state index is 7.28. The van der Waals surface area contributed by atoms with E-state index in [9.17, 15) is 0 Å². The highest BCUT2D eigenvalue weighted by Crippen LogP contribution is 2.02. The lowest BCUT2D eigenvalue weighted by Gasteiger charge is -2.28. The molecule has 0 radical (unpaired) electrons. The fourth-order valence-electron chi connectivity index (χ4n) is 0.981. The smallest absolute Gasteiger partial charge is 0.188 e. The molecule has 0 aromatic carbocycles. The lowest BCUT2D eigenvalue weighted by Crippen LogP contribution is -2.43. The molecule has 3 heteroatoms. The molecule has 0 aliphatic rings. The van der Waals surface area contributed by atoms with Crippen LogP contribution in [0.3, 0.4) is 0 Å². The maximum Gasteiger partial charge on any atom is 0.188 e. The Morgan fingerprint density at radius 2 is 1.82 bits per heavy atom. The van der Waals surface area contributed by atoms with E-state index in [2.05, 4.69) is 13.8 Å². The van der Waals surface area contributed by atoms with Gasteiger partial charge in [0, 0.05) is 12.6 Å². The monoisotopic (exact) mass is 157 g/mol. The zero-order chi connectivity index (χ0) is 9.02. The average molecular weight is 157 g/mol. The van der Waals surface area contributed by atoms with Crippen LogP contribution in [-0.4, -0.2) is 23.4 Å². The summed E-state index contributed by atoms with van der Waals surface area (Å²) in [4.78, 5) is 1.89. The largest absolute Gasteiger partial charge is 0.370 e. The summed E-state index contributed by atoms with van der Waals surface area (Å²) in [6.07, 6.45) is 0. The molecule has 66 valence electrons. The summed E-state index contributed by atoms with van der Waals surface area (Å²) in [6.45, 7) is 9.21. The van der Waals surface area contributed by atoms with Crippen molar-refractivity contribution < 1.29 is 0 Å². The van der Waals surface area contributed by atoms with Crippen molar-refractivity contribution >= 4 is 5.96 Å². The van der Waals surface area contributed by atoms with Crippen LogP contribution in [0.1, 0.15) is 27.7 Å². The van der Waals surface area contributed by atoms with Crippen LogP contribution in [0.25, 0.3) is 0 Å². The van der Waals surface area contributed by atoms with E-state index in [0.29, 0.717) is 12.0 Å². The molecule has 11 heavy (non-hydrogen) atoms. The van der Waals surface area contributed by atoms with E-state index in [4.69, 9.17) is 11.1 Å². The van der Waals surface area contributed by atoms with Gasteiger partial charge in [0.2, 0.25) is 0 Å². The van der Waals surface area contributed by atoms with Gasteiger partial charge in [-0.3, -0.25) is 5.41 Å². The summed E-state index contributed by atoms with van der Waals surface area (Å²) in [6, 6.07) is 0.329. The van der Waals surface area contributed by atoms with Crippen molar-refractivity contribution in [1.82, 2.24) is 4.90 Å². The third-order valence-electron chi connectivity index (χ3n) is 1.49. The summed E-state index contributed by atoms with van der Waals surface area (Å²) >= 11 is 0. The van der Waals surface area contributed by atoms with Gasteiger partial charge in [-0.25, -0.2) is 0 Å². The number of nitrogens with zero attached hydrogens (tertiary/aromatic N) is 1. The summed E-state index contributed by atoms with van der Waals surface area (Å²) < 4.78 is 0. The summed E-state index contributed by atoms with van der Waals surface area (Å²) in [5.41, 5.74) is 5.40. The van der Waals surface area contributed by atoms with E-state index in [1.807, 2.05) is 18.7 Å². The lowest BCUT2D eigenvalue weighted by atomic mass is 10.2. The van der Waals surface area contributed by atoms with Crippen LogP contribution in [-0.2, 0) is 0 Å². The van der Waals surface area contributed by atoms with Gasteiger partial charge in [0.1, 0.15) is 0 Å². The fourth-order valence-corrected chi connectivity index (χ4v) is 0.981. The van der Waals surface area contributed by atoms with Gasteiger partial charge >= 0.3 is 0 Å². The third-order valence-corrected chi connectivity index (χ3v) is 1.49. The molecule has 0 aromatic rings. The van der Waals surface area contributed by atoms with Gasteiger partial charge in [0.25, 0.3) is 0 Å². The van der Waals surface area contributed by atoms with Crippen LogP contribution in [0.15, 0.2) is 0 Å². The van der Waals surface area contributed by atoms with E-state index in [1.165, 1.54) is 0 Å². The lowest BCUT2D eigenvalue weighted by molar-refractivity contribution is 0.306. The molecule has 0 saturated heterocycles. The van der Waals surface area contributed by atoms with Crippen LogP contribution < -0.4 is 5.73 Å². The molecule has 0 aromatic heterocycles. The number of hydrogen-bond donors (Lipinski definition) is 2. The minimum atomic E-state index is 0.175. The molecular formula is C8H19N3. The number of guanidine groups is 1. The molecule has 0 unspecified atom stereocenters. The molecule has 0 aliphatic heterocycles. The number of hydrogen-bond acceptors (Lipinski definition) is 1. The summed E-state index contributed by atoms with van der Waals surface area (Å²) in [5, 5.41) is 7.28. The van der Waals surface area contributed by atoms with Gasteiger partial charge in [-0.15, -0.1) is 0 Å². The molecule has 3 nitrogen and oxygen atoms in total. The first-order chi connectivity index (χ1) is 4.95. The first-order valence-electron chi connectivity index (χ1n) is 4.05. The van der Waals surface area contributed by atoms with Crippen molar-refractivity contribution in [1.29, 1.82) is 5.41 Å². The standard InChI is InChI=1S/C8H19N3/c1-6(2)5-11(7(3)4)8(9)10/h6-7H,5H2,1-4H3,(H3,9,10). The first-order valence-corrected chi connectivity index (χ1v) is 4.05. The Balaban J connectivity index is 4.01. The Bertz CT molecular complexity index is 129. The summed E-state index contributed by atoms with van der Waals surface area (Å²) in [7, 11) is 0. The highest BCUT2D eigenvalue weighted by atomic mass is 15.2. The van der Waals surface area contributed by atoms with E-state index in [0.717, 1.165) is 6.54 Å². The SMILES string of the molecule is CC(C)CN(C(=N)N)C(C)C. The normalized spacial score (nSPS) is 10.7. The van der Waals surface area contributed by atoms with Gasteiger partial charge in [0.15, 0.2) is 5.96 Å². The minimum absolute atomic E-state index is 0.175. The third kappa shape index (κ3) is 3.86. The van der Waals surface area contributed by atoms with E-state index >= 15 is 0 Å². The molecule has 0 atom stereocenters. The van der Waals surface area contributed by atoms with Crippen LogP contribution in [0.5, 0.6) is 0 Å². The topological polar surface area (TPSA) is 53.1 Å². The molecule has 0 spiro atoms. The number of nitrogens with one attached hydrogen (secondary N) is 1. The Morgan fingerprint density at radius 3 is 1.91 bits per heavy atom. The minimum Gasteiger partial charge on any atom is -0.370 e. The van der Waals surface area contributed by atoms with Gasteiger partial charge in [0.05, 0.1) is 0 Å². The van der Waals surface area contributed by atoms with Crippen LogP contribution >= 0.6 is 0 Å². The molecule has 3 N–H and O–H groups in total. The molecule has 0 aliphatic carbocycles. The van der Waals surface area contributed by atoms with Crippen molar-refractivity contribution in [2.45, 2.75) is 33.7 Å². The molecule has 0 bridgehead atoms. The highest BCUT2D eigenvalue weighted by Gasteiger charge is 2.11. The molecular weight excluding hydrogens is 138 g/mol. The highest BCUT2D eigenvalue weighted by molar-refractivity contribution is 5.74. The molecule has 0 fully saturated rings.